The standard InChI is InChI=1S/C29H27F3N6O4/c1-17-24(26(40)42-2)25(23-9-8-18(13-33)11-20(23)15-36-10-4-5-19(14-36)16-39)38-27(34-35-28(38)41)37(17)22-7-3-6-21(12-22)29(30,31)32/h3-12,14,17,24-25,27,34,39H,15-16H2,1-2H3/p+1/t17?,24?,25-,27?/m0/s1. The highest BCUT2D eigenvalue weighted by molar-refractivity contribution is 5.82. The molecule has 3 aromatic rings. The van der Waals surface area contributed by atoms with E-state index in [2.05, 4.69) is 16.9 Å². The predicted molar refractivity (Wildman–Crippen MR) is 142 cm³/mol. The maximum absolute atomic E-state index is 13.6. The van der Waals surface area contributed by atoms with Gasteiger partial charge in [-0.15, -0.1) is 0 Å². The molecule has 5 rings (SSSR count). The summed E-state index contributed by atoms with van der Waals surface area (Å²) >= 11 is 0. The van der Waals surface area contributed by atoms with Crippen molar-refractivity contribution in [3.05, 3.63) is 94.8 Å². The molecule has 10 nitrogen and oxygen atoms in total. The third kappa shape index (κ3) is 5.22. The van der Waals surface area contributed by atoms with Crippen molar-refractivity contribution in [2.24, 2.45) is 5.92 Å². The molecule has 0 spiro atoms. The van der Waals surface area contributed by atoms with Gasteiger partial charge in [-0.2, -0.15) is 23.9 Å². The van der Waals surface area contributed by atoms with Crippen LogP contribution in [0.2, 0.25) is 0 Å². The lowest BCUT2D eigenvalue weighted by molar-refractivity contribution is -0.688. The second-order valence-corrected chi connectivity index (χ2v) is 10.1. The van der Waals surface area contributed by atoms with Crippen LogP contribution in [0.25, 0.3) is 0 Å². The number of nitriles is 1. The van der Waals surface area contributed by atoms with Crippen LogP contribution in [0.15, 0.2) is 67.0 Å². The second-order valence-electron chi connectivity index (χ2n) is 10.1. The molecule has 2 aliphatic rings. The van der Waals surface area contributed by atoms with Gasteiger partial charge >= 0.3 is 18.2 Å². The van der Waals surface area contributed by atoms with E-state index < -0.39 is 48.0 Å². The van der Waals surface area contributed by atoms with Crippen LogP contribution in [0.5, 0.6) is 0 Å². The van der Waals surface area contributed by atoms with Gasteiger partial charge in [0.2, 0.25) is 0 Å². The zero-order chi connectivity index (χ0) is 30.2. The Morgan fingerprint density at radius 3 is 2.64 bits per heavy atom. The number of carbonyl (C=O) groups excluding carboxylic acids is 2. The van der Waals surface area contributed by atoms with Gasteiger partial charge in [-0.05, 0) is 48.9 Å². The van der Waals surface area contributed by atoms with Gasteiger partial charge in [-0.3, -0.25) is 15.1 Å². The first-order valence-electron chi connectivity index (χ1n) is 13.1. The summed E-state index contributed by atoms with van der Waals surface area (Å²) in [6.07, 6.45) is -2.04. The molecule has 2 fully saturated rings. The van der Waals surface area contributed by atoms with Gasteiger partial charge in [0.15, 0.2) is 25.2 Å². The SMILES string of the molecule is COC(=O)C1C(C)N(c2cccc(C(F)(F)F)c2)C2NNC(=O)N2[C@H]1c1ccc(C#N)cc1C[n+]1cccc(CO)c1. The van der Waals surface area contributed by atoms with E-state index in [1.165, 1.54) is 24.1 Å². The smallest absolute Gasteiger partial charge is 0.416 e. The molecule has 13 heteroatoms. The van der Waals surface area contributed by atoms with Crippen LogP contribution in [0.3, 0.4) is 0 Å². The molecule has 2 aliphatic heterocycles. The topological polar surface area (TPSA) is 122 Å². The number of halogens is 3. The fraction of sp³-hybridized carbons (Fsp3) is 0.310. The Kier molecular flexibility index (Phi) is 7.77. The highest BCUT2D eigenvalue weighted by Gasteiger charge is 2.55. The van der Waals surface area contributed by atoms with Gasteiger partial charge in [0, 0.05) is 28.9 Å². The molecule has 0 saturated carbocycles. The minimum Gasteiger partial charge on any atom is -0.469 e. The number of alkyl halides is 3. The van der Waals surface area contributed by atoms with Crippen molar-refractivity contribution in [3.63, 3.8) is 0 Å². The van der Waals surface area contributed by atoms with Gasteiger partial charge < -0.3 is 14.7 Å². The first-order chi connectivity index (χ1) is 20.1. The zero-order valence-electron chi connectivity index (χ0n) is 22.7. The number of rotatable bonds is 6. The van der Waals surface area contributed by atoms with Crippen LogP contribution in [0.1, 0.15) is 40.8 Å². The summed E-state index contributed by atoms with van der Waals surface area (Å²) in [5, 5.41) is 19.2. The number of esters is 1. The number of hydrogen-bond acceptors (Lipinski definition) is 7. The highest BCUT2D eigenvalue weighted by atomic mass is 19.4. The Hall–Kier alpha value is -4.67. The van der Waals surface area contributed by atoms with Crippen molar-refractivity contribution in [3.8, 4) is 6.07 Å². The van der Waals surface area contributed by atoms with Crippen LogP contribution in [-0.4, -0.2) is 41.4 Å². The molecule has 2 aromatic carbocycles. The number of pyridine rings is 1. The van der Waals surface area contributed by atoms with E-state index >= 15 is 0 Å². The van der Waals surface area contributed by atoms with E-state index in [4.69, 9.17) is 4.74 Å². The minimum atomic E-state index is -4.60. The number of aromatic nitrogens is 1. The van der Waals surface area contributed by atoms with E-state index in [9.17, 15) is 33.1 Å². The first kappa shape index (κ1) is 28.8. The summed E-state index contributed by atoms with van der Waals surface area (Å²) in [5.74, 6) is -1.69. The van der Waals surface area contributed by atoms with Crippen molar-refractivity contribution in [1.82, 2.24) is 15.8 Å². The number of urea groups is 1. The number of benzene rings is 2. The number of hydrogen-bond donors (Lipinski definition) is 3. The fourth-order valence-corrected chi connectivity index (χ4v) is 5.78. The molecule has 218 valence electrons. The molecule has 0 radical (unpaired) electrons. The monoisotopic (exact) mass is 581 g/mol. The Morgan fingerprint density at radius 1 is 1.17 bits per heavy atom. The minimum absolute atomic E-state index is 0.153. The number of ether oxygens (including phenoxy) is 1. The van der Waals surface area contributed by atoms with Gasteiger partial charge in [-0.1, -0.05) is 12.1 Å². The summed E-state index contributed by atoms with van der Waals surface area (Å²) in [4.78, 5) is 29.7. The lowest BCUT2D eigenvalue weighted by Crippen LogP contribution is -2.65. The number of aliphatic hydroxyl groups is 1. The number of methoxy groups -OCH3 is 1. The van der Waals surface area contributed by atoms with Gasteiger partial charge in [0.05, 0.1) is 37.0 Å². The largest absolute Gasteiger partial charge is 0.469 e. The van der Waals surface area contributed by atoms with Crippen LogP contribution in [0.4, 0.5) is 23.7 Å². The summed E-state index contributed by atoms with van der Waals surface area (Å²) in [7, 11) is 1.21. The van der Waals surface area contributed by atoms with Crippen molar-refractivity contribution >= 4 is 17.7 Å². The summed E-state index contributed by atoms with van der Waals surface area (Å²) in [6.45, 7) is 1.75. The summed E-state index contributed by atoms with van der Waals surface area (Å²) in [5.41, 5.74) is 6.90. The molecule has 0 aliphatic carbocycles. The normalized spacial score (nSPS) is 21.9. The summed E-state index contributed by atoms with van der Waals surface area (Å²) in [6, 6.07) is 13.0. The third-order valence-corrected chi connectivity index (χ3v) is 7.66. The van der Waals surface area contributed by atoms with E-state index in [1.807, 2.05) is 0 Å². The lowest BCUT2D eigenvalue weighted by atomic mass is 9.81. The van der Waals surface area contributed by atoms with Crippen molar-refractivity contribution in [1.29, 1.82) is 5.26 Å². The molecular formula is C29H28F3N6O4+. The number of nitrogens with one attached hydrogen (secondary N) is 2. The van der Waals surface area contributed by atoms with Crippen molar-refractivity contribution < 1.29 is 37.2 Å². The average Bonchev–Trinajstić information content (AvgIpc) is 3.36. The van der Waals surface area contributed by atoms with Crippen LogP contribution >= 0.6 is 0 Å². The van der Waals surface area contributed by atoms with E-state index in [0.717, 1.165) is 12.1 Å². The van der Waals surface area contributed by atoms with Gasteiger partial charge in [-0.25, -0.2) is 9.36 Å². The average molecular weight is 582 g/mol. The maximum Gasteiger partial charge on any atom is 0.416 e. The summed E-state index contributed by atoms with van der Waals surface area (Å²) < 4.78 is 47.8. The molecule has 3 unspecified atom stereocenters. The van der Waals surface area contributed by atoms with Gasteiger partial charge in [0.1, 0.15) is 5.92 Å². The molecule has 3 N–H and O–H groups in total. The fourth-order valence-electron chi connectivity index (χ4n) is 5.78. The van der Waals surface area contributed by atoms with E-state index in [1.54, 1.807) is 59.1 Å². The van der Waals surface area contributed by atoms with Gasteiger partial charge in [0.25, 0.3) is 0 Å². The van der Waals surface area contributed by atoms with Crippen molar-refractivity contribution in [2.45, 2.75) is 44.6 Å². The zero-order valence-corrected chi connectivity index (χ0v) is 22.7. The number of anilines is 1. The number of nitrogens with zero attached hydrogens (tertiary/aromatic N) is 4. The van der Waals surface area contributed by atoms with Crippen LogP contribution < -0.4 is 20.3 Å². The quantitative estimate of drug-likeness (QED) is 0.302. The van der Waals surface area contributed by atoms with Crippen LogP contribution in [-0.2, 0) is 28.9 Å². The Morgan fingerprint density at radius 2 is 1.95 bits per heavy atom. The van der Waals surface area contributed by atoms with Crippen molar-refractivity contribution in [2.75, 3.05) is 12.0 Å². The molecule has 4 atom stereocenters. The molecule has 42 heavy (non-hydrogen) atoms. The molecule has 3 heterocycles. The Balaban J connectivity index is 1.66. The number of hydrazine groups is 1. The third-order valence-electron chi connectivity index (χ3n) is 7.66. The number of fused-ring (bicyclic) bond motifs is 1. The van der Waals surface area contributed by atoms with E-state index in [0.29, 0.717) is 22.3 Å². The highest BCUT2D eigenvalue weighted by Crippen LogP contribution is 2.45. The van der Waals surface area contributed by atoms with E-state index in [-0.39, 0.29) is 18.8 Å². The first-order valence-corrected chi connectivity index (χ1v) is 13.1. The number of amides is 2. The molecule has 1 aromatic heterocycles. The number of aliphatic hydroxyl groups excluding tert-OH is 1. The number of carbonyl (C=O) groups is 2. The second kappa shape index (κ2) is 11.3. The molecule has 2 amide bonds. The predicted octanol–water partition coefficient (Wildman–Crippen LogP) is 2.96. The molecule has 0 bridgehead atoms. The molecular weight excluding hydrogens is 553 g/mol. The maximum atomic E-state index is 13.6. The Bertz CT molecular complexity index is 1560. The Labute approximate surface area is 239 Å². The lowest BCUT2D eigenvalue weighted by Gasteiger charge is -2.51. The molecule has 2 saturated heterocycles. The van der Waals surface area contributed by atoms with Crippen LogP contribution in [0, 0.1) is 17.2 Å².